The minimum Gasteiger partial charge on any atom is -0.382 e. The van der Waals surface area contributed by atoms with Gasteiger partial charge in [0.15, 0.2) is 0 Å². The van der Waals surface area contributed by atoms with Gasteiger partial charge in [0, 0.05) is 25.0 Å². The van der Waals surface area contributed by atoms with Gasteiger partial charge in [0.25, 0.3) is 0 Å². The number of amidine groups is 1. The molecule has 98 valence electrons. The van der Waals surface area contributed by atoms with Crippen LogP contribution in [-0.4, -0.2) is 30.6 Å². The van der Waals surface area contributed by atoms with E-state index < -0.39 is 0 Å². The summed E-state index contributed by atoms with van der Waals surface area (Å²) >= 11 is 0. The van der Waals surface area contributed by atoms with Crippen molar-refractivity contribution in [2.24, 2.45) is 11.7 Å². The van der Waals surface area contributed by atoms with Gasteiger partial charge in [0.2, 0.25) is 0 Å². The van der Waals surface area contributed by atoms with Crippen LogP contribution in [0.1, 0.15) is 24.1 Å². The molecule has 5 heteroatoms. The molecule has 5 nitrogen and oxygen atoms in total. The fourth-order valence-electron chi connectivity index (χ4n) is 2.05. The van der Waals surface area contributed by atoms with Gasteiger partial charge in [0.1, 0.15) is 11.5 Å². The highest BCUT2D eigenvalue weighted by molar-refractivity contribution is 5.94. The fourth-order valence-corrected chi connectivity index (χ4v) is 2.05. The van der Waals surface area contributed by atoms with Crippen molar-refractivity contribution in [1.29, 1.82) is 5.41 Å². The van der Waals surface area contributed by atoms with Crippen LogP contribution >= 0.6 is 0 Å². The predicted octanol–water partition coefficient (Wildman–Crippen LogP) is 1.31. The Morgan fingerprint density at radius 1 is 1.50 bits per heavy atom. The first kappa shape index (κ1) is 13.0. The Morgan fingerprint density at radius 3 is 3.00 bits per heavy atom. The number of rotatable bonds is 5. The highest BCUT2D eigenvalue weighted by atomic mass is 16.5. The second-order valence-electron chi connectivity index (χ2n) is 4.50. The molecule has 0 unspecified atom stereocenters. The van der Waals surface area contributed by atoms with Gasteiger partial charge >= 0.3 is 0 Å². The van der Waals surface area contributed by atoms with Crippen molar-refractivity contribution >= 4 is 5.84 Å². The minimum atomic E-state index is -0.0136. The van der Waals surface area contributed by atoms with Crippen LogP contribution in [0.4, 0.5) is 0 Å². The number of nitrogens with zero attached hydrogens (tertiary/aromatic N) is 1. The number of nitrogens with two attached hydrogens (primary N) is 1. The number of nitrogens with one attached hydrogen (secondary N) is 1. The third-order valence-corrected chi connectivity index (χ3v) is 3.10. The summed E-state index contributed by atoms with van der Waals surface area (Å²) in [7, 11) is 0. The maximum Gasteiger partial charge on any atom is 0.142 e. The van der Waals surface area contributed by atoms with Crippen molar-refractivity contribution in [3.8, 4) is 0 Å². The molecule has 2 rings (SSSR count). The number of pyridine rings is 1. The molecule has 0 aliphatic carbocycles. The maximum atomic E-state index is 7.45. The maximum absolute atomic E-state index is 7.45. The molecular formula is C13H19N3O2. The molecule has 1 fully saturated rings. The molecule has 3 N–H and O–H groups in total. The molecule has 1 saturated heterocycles. The molecule has 0 spiro atoms. The molecule has 1 aliphatic heterocycles. The molecule has 0 atom stereocenters. The number of ether oxygens (including phenoxy) is 2. The minimum absolute atomic E-state index is 0.0136. The van der Waals surface area contributed by atoms with E-state index in [9.17, 15) is 0 Å². The molecule has 1 aromatic rings. The van der Waals surface area contributed by atoms with Gasteiger partial charge in [-0.05, 0) is 24.8 Å². The molecular weight excluding hydrogens is 230 g/mol. The quantitative estimate of drug-likeness (QED) is 0.609. The Balaban J connectivity index is 1.84. The van der Waals surface area contributed by atoms with Crippen molar-refractivity contribution in [3.05, 3.63) is 29.6 Å². The smallest absolute Gasteiger partial charge is 0.142 e. The van der Waals surface area contributed by atoms with Crippen LogP contribution in [-0.2, 0) is 16.1 Å². The van der Waals surface area contributed by atoms with E-state index >= 15 is 0 Å². The monoisotopic (exact) mass is 249 g/mol. The van der Waals surface area contributed by atoms with Gasteiger partial charge in [-0.3, -0.25) is 10.4 Å². The van der Waals surface area contributed by atoms with E-state index in [0.717, 1.165) is 38.2 Å². The lowest BCUT2D eigenvalue weighted by molar-refractivity contribution is 0.0156. The van der Waals surface area contributed by atoms with Crippen LogP contribution in [0, 0.1) is 11.3 Å². The molecule has 0 aromatic carbocycles. The van der Waals surface area contributed by atoms with Crippen molar-refractivity contribution in [2.75, 3.05) is 19.8 Å². The number of hydrogen-bond donors (Lipinski definition) is 2. The lowest BCUT2D eigenvalue weighted by Crippen LogP contribution is -2.21. The second-order valence-corrected chi connectivity index (χ2v) is 4.50. The lowest BCUT2D eigenvalue weighted by Gasteiger charge is -2.21. The average molecular weight is 249 g/mol. The standard InChI is InChI=1S/C13H19N3O2/c14-13(15)12-11(2-1-5-16-12)9-18-8-10-3-6-17-7-4-10/h1-2,5,10H,3-4,6-9H2,(H3,14,15). The molecule has 1 aromatic heterocycles. The molecule has 2 heterocycles. The molecule has 0 radical (unpaired) electrons. The Labute approximate surface area is 107 Å². The van der Waals surface area contributed by atoms with Crippen molar-refractivity contribution in [3.63, 3.8) is 0 Å². The summed E-state index contributed by atoms with van der Waals surface area (Å²) in [6, 6.07) is 3.73. The Morgan fingerprint density at radius 2 is 2.28 bits per heavy atom. The van der Waals surface area contributed by atoms with E-state index in [1.165, 1.54) is 0 Å². The second kappa shape index (κ2) is 6.47. The van der Waals surface area contributed by atoms with E-state index in [-0.39, 0.29) is 5.84 Å². The SMILES string of the molecule is N=C(N)c1ncccc1COCC1CCOCC1. The predicted molar refractivity (Wildman–Crippen MR) is 68.5 cm³/mol. The average Bonchev–Trinajstić information content (AvgIpc) is 2.40. The topological polar surface area (TPSA) is 81.2 Å². The molecule has 1 aliphatic rings. The van der Waals surface area contributed by atoms with Crippen molar-refractivity contribution in [2.45, 2.75) is 19.4 Å². The third-order valence-electron chi connectivity index (χ3n) is 3.10. The first-order valence-electron chi connectivity index (χ1n) is 6.21. The third kappa shape index (κ3) is 3.51. The summed E-state index contributed by atoms with van der Waals surface area (Å²) < 4.78 is 11.0. The number of aromatic nitrogens is 1. The van der Waals surface area contributed by atoms with E-state index in [1.54, 1.807) is 6.20 Å². The van der Waals surface area contributed by atoms with E-state index in [4.69, 9.17) is 20.6 Å². The van der Waals surface area contributed by atoms with Crippen molar-refractivity contribution < 1.29 is 9.47 Å². The van der Waals surface area contributed by atoms with Gasteiger partial charge < -0.3 is 15.2 Å². The van der Waals surface area contributed by atoms with Crippen LogP contribution < -0.4 is 5.73 Å². The van der Waals surface area contributed by atoms with Gasteiger partial charge in [-0.15, -0.1) is 0 Å². The summed E-state index contributed by atoms with van der Waals surface area (Å²) in [5, 5.41) is 7.45. The number of hydrogen-bond acceptors (Lipinski definition) is 4. The summed E-state index contributed by atoms with van der Waals surface area (Å²) in [4.78, 5) is 4.09. The summed E-state index contributed by atoms with van der Waals surface area (Å²) in [6.07, 6.45) is 3.76. The van der Waals surface area contributed by atoms with Crippen LogP contribution in [0.15, 0.2) is 18.3 Å². The summed E-state index contributed by atoms with van der Waals surface area (Å²) in [6.45, 7) is 2.86. The Hall–Kier alpha value is -1.46. The largest absolute Gasteiger partial charge is 0.382 e. The first-order chi connectivity index (χ1) is 8.77. The zero-order valence-electron chi connectivity index (χ0n) is 10.4. The molecule has 0 amide bonds. The van der Waals surface area contributed by atoms with Crippen LogP contribution in [0.3, 0.4) is 0 Å². The summed E-state index contributed by atoms with van der Waals surface area (Å²) in [5.74, 6) is 0.566. The zero-order valence-corrected chi connectivity index (χ0v) is 10.4. The lowest BCUT2D eigenvalue weighted by atomic mass is 10.0. The molecule has 0 bridgehead atoms. The van der Waals surface area contributed by atoms with Gasteiger partial charge in [0.05, 0.1) is 13.2 Å². The normalized spacial score (nSPS) is 16.7. The zero-order chi connectivity index (χ0) is 12.8. The Kier molecular flexibility index (Phi) is 4.66. The van der Waals surface area contributed by atoms with E-state index in [1.807, 2.05) is 12.1 Å². The summed E-state index contributed by atoms with van der Waals surface area (Å²) in [5.41, 5.74) is 6.87. The van der Waals surface area contributed by atoms with E-state index in [0.29, 0.717) is 18.2 Å². The van der Waals surface area contributed by atoms with Gasteiger partial charge in [-0.1, -0.05) is 6.07 Å². The van der Waals surface area contributed by atoms with Gasteiger partial charge in [-0.25, -0.2) is 0 Å². The fraction of sp³-hybridized carbons (Fsp3) is 0.538. The van der Waals surface area contributed by atoms with Crippen LogP contribution in [0.2, 0.25) is 0 Å². The van der Waals surface area contributed by atoms with Crippen molar-refractivity contribution in [1.82, 2.24) is 4.98 Å². The van der Waals surface area contributed by atoms with Crippen LogP contribution in [0.5, 0.6) is 0 Å². The number of nitrogen functional groups attached to an aromatic ring is 1. The molecule has 0 saturated carbocycles. The van der Waals surface area contributed by atoms with Crippen LogP contribution in [0.25, 0.3) is 0 Å². The highest BCUT2D eigenvalue weighted by Gasteiger charge is 2.14. The first-order valence-corrected chi connectivity index (χ1v) is 6.21. The van der Waals surface area contributed by atoms with Gasteiger partial charge in [-0.2, -0.15) is 0 Å². The highest BCUT2D eigenvalue weighted by Crippen LogP contribution is 2.16. The van der Waals surface area contributed by atoms with E-state index in [2.05, 4.69) is 4.98 Å². The molecule has 18 heavy (non-hydrogen) atoms. The Bertz CT molecular complexity index is 403.